The van der Waals surface area contributed by atoms with Crippen LogP contribution in [-0.2, 0) is 11.2 Å². The third-order valence-corrected chi connectivity index (χ3v) is 4.84. The van der Waals surface area contributed by atoms with Gasteiger partial charge in [-0.05, 0) is 47.5 Å². The first-order valence-electron chi connectivity index (χ1n) is 9.71. The minimum absolute atomic E-state index is 0.229. The molecule has 1 aromatic heterocycles. The maximum absolute atomic E-state index is 12.4. The van der Waals surface area contributed by atoms with Gasteiger partial charge in [0.2, 0.25) is 0 Å². The first-order chi connectivity index (χ1) is 12.8. The molecule has 0 atom stereocenters. The molecule has 8 heteroatoms. The van der Waals surface area contributed by atoms with Gasteiger partial charge in [0.25, 0.3) is 0 Å². The number of rotatable bonds is 8. The first-order valence-corrected chi connectivity index (χ1v) is 10.5. The Morgan fingerprint density at radius 1 is 1.41 bits per heavy atom. The molecule has 152 valence electrons. The second-order valence-corrected chi connectivity index (χ2v) is 9.03. The molecule has 1 heterocycles. The maximum Gasteiger partial charge on any atom is 0.410 e. The van der Waals surface area contributed by atoms with Crippen LogP contribution in [0.15, 0.2) is 11.2 Å². The lowest BCUT2D eigenvalue weighted by Gasteiger charge is -2.27. The third-order valence-electron chi connectivity index (χ3n) is 3.87. The monoisotopic (exact) mass is 395 g/mol. The van der Waals surface area contributed by atoms with Gasteiger partial charge in [-0.1, -0.05) is 0 Å². The molecule has 0 bridgehead atoms. The number of hydrogen-bond acceptors (Lipinski definition) is 5. The molecule has 0 radical (unpaired) electrons. The van der Waals surface area contributed by atoms with Gasteiger partial charge in [-0.25, -0.2) is 9.78 Å². The highest BCUT2D eigenvalue weighted by Gasteiger charge is 2.34. The van der Waals surface area contributed by atoms with Gasteiger partial charge in [0.1, 0.15) is 5.60 Å². The van der Waals surface area contributed by atoms with Crippen LogP contribution in [0, 0.1) is 6.92 Å². The highest BCUT2D eigenvalue weighted by atomic mass is 32.1. The lowest BCUT2D eigenvalue weighted by Crippen LogP contribution is -2.45. The highest BCUT2D eigenvalue weighted by Crippen LogP contribution is 2.28. The molecule has 2 rings (SSSR count). The first kappa shape index (κ1) is 21.5. The molecule has 1 amide bonds. The second kappa shape index (κ2) is 9.92. The van der Waals surface area contributed by atoms with E-state index in [0.717, 1.165) is 36.8 Å². The van der Waals surface area contributed by atoms with Crippen molar-refractivity contribution in [3.63, 3.8) is 0 Å². The summed E-state index contributed by atoms with van der Waals surface area (Å²) in [5.74, 6) is 0.769. The summed E-state index contributed by atoms with van der Waals surface area (Å²) < 4.78 is 5.53. The van der Waals surface area contributed by atoms with Crippen molar-refractivity contribution in [2.24, 2.45) is 4.99 Å². The zero-order valence-corrected chi connectivity index (χ0v) is 18.0. The largest absolute Gasteiger partial charge is 0.444 e. The van der Waals surface area contributed by atoms with Crippen molar-refractivity contribution < 1.29 is 9.53 Å². The van der Waals surface area contributed by atoms with Gasteiger partial charge < -0.3 is 20.3 Å². The van der Waals surface area contributed by atoms with E-state index < -0.39 is 5.60 Å². The normalized spacial score (nSPS) is 14.8. The minimum atomic E-state index is -0.470. The van der Waals surface area contributed by atoms with E-state index in [-0.39, 0.29) is 6.09 Å². The summed E-state index contributed by atoms with van der Waals surface area (Å²) >= 11 is 1.71. The smallest absolute Gasteiger partial charge is 0.410 e. The van der Waals surface area contributed by atoms with Gasteiger partial charge in [-0.2, -0.15) is 0 Å². The van der Waals surface area contributed by atoms with Crippen LogP contribution in [0.4, 0.5) is 4.79 Å². The molecule has 2 N–H and O–H groups in total. The zero-order valence-electron chi connectivity index (χ0n) is 17.2. The average Bonchev–Trinajstić information content (AvgIpc) is 3.31. The number of aromatic nitrogens is 1. The van der Waals surface area contributed by atoms with E-state index in [4.69, 9.17) is 4.74 Å². The molecule has 27 heavy (non-hydrogen) atoms. The van der Waals surface area contributed by atoms with Crippen LogP contribution in [-0.4, -0.2) is 59.8 Å². The van der Waals surface area contributed by atoms with Gasteiger partial charge in [-0.3, -0.25) is 4.99 Å². The lowest BCUT2D eigenvalue weighted by atomic mass is 10.2. The molecule has 0 spiro atoms. The predicted octanol–water partition coefficient (Wildman–Crippen LogP) is 2.95. The predicted molar refractivity (Wildman–Crippen MR) is 110 cm³/mol. The van der Waals surface area contributed by atoms with E-state index in [1.54, 1.807) is 11.3 Å². The van der Waals surface area contributed by atoms with Gasteiger partial charge in [0.05, 0.1) is 5.01 Å². The molecule has 0 unspecified atom stereocenters. The summed E-state index contributed by atoms with van der Waals surface area (Å²) in [5, 5.41) is 7.67. The van der Waals surface area contributed by atoms with Crippen molar-refractivity contribution in [3.05, 3.63) is 16.1 Å². The summed E-state index contributed by atoms with van der Waals surface area (Å²) in [6, 6.07) is 0.314. The topological polar surface area (TPSA) is 78.9 Å². The fourth-order valence-electron chi connectivity index (χ4n) is 2.55. The Morgan fingerprint density at radius 3 is 2.70 bits per heavy atom. The van der Waals surface area contributed by atoms with Gasteiger partial charge in [0.15, 0.2) is 5.96 Å². The van der Waals surface area contributed by atoms with Crippen molar-refractivity contribution in [1.82, 2.24) is 20.5 Å². The number of carbonyl (C=O) groups is 1. The van der Waals surface area contributed by atoms with Crippen LogP contribution in [0.25, 0.3) is 0 Å². The van der Waals surface area contributed by atoms with Gasteiger partial charge >= 0.3 is 6.09 Å². The summed E-state index contributed by atoms with van der Waals surface area (Å²) in [6.07, 6.45) is 4.62. The Kier molecular flexibility index (Phi) is 7.89. The highest BCUT2D eigenvalue weighted by molar-refractivity contribution is 7.11. The number of amides is 1. The molecule has 1 aromatic rings. The van der Waals surface area contributed by atoms with Crippen molar-refractivity contribution in [3.8, 4) is 0 Å². The number of nitrogens with zero attached hydrogens (tertiary/aromatic N) is 3. The van der Waals surface area contributed by atoms with E-state index in [1.165, 1.54) is 4.88 Å². The summed E-state index contributed by atoms with van der Waals surface area (Å²) in [4.78, 5) is 24.4. The molecule has 1 fully saturated rings. The van der Waals surface area contributed by atoms with E-state index in [2.05, 4.69) is 27.5 Å². The molecular weight excluding hydrogens is 362 g/mol. The van der Waals surface area contributed by atoms with Crippen molar-refractivity contribution in [2.45, 2.75) is 65.5 Å². The molecule has 7 nitrogen and oxygen atoms in total. The number of carbonyl (C=O) groups excluding carboxylic acids is 1. The van der Waals surface area contributed by atoms with Crippen LogP contribution >= 0.6 is 11.3 Å². The van der Waals surface area contributed by atoms with Crippen molar-refractivity contribution >= 4 is 23.4 Å². The van der Waals surface area contributed by atoms with Crippen molar-refractivity contribution in [2.75, 3.05) is 26.2 Å². The number of aryl methyl sites for hydroxylation is 1. The quantitative estimate of drug-likeness (QED) is 0.523. The molecule has 0 aromatic carbocycles. The van der Waals surface area contributed by atoms with E-state index in [9.17, 15) is 4.79 Å². The minimum Gasteiger partial charge on any atom is -0.444 e. The molecule has 0 saturated heterocycles. The molecule has 1 aliphatic rings. The summed E-state index contributed by atoms with van der Waals surface area (Å²) in [7, 11) is 0. The number of guanidine groups is 1. The van der Waals surface area contributed by atoms with Crippen LogP contribution in [0.5, 0.6) is 0 Å². The Bertz CT molecular complexity index is 634. The van der Waals surface area contributed by atoms with Gasteiger partial charge in [-0.15, -0.1) is 11.3 Å². The summed E-state index contributed by atoms with van der Waals surface area (Å²) in [5.41, 5.74) is -0.470. The molecule has 0 aliphatic heterocycles. The zero-order chi connectivity index (χ0) is 19.9. The van der Waals surface area contributed by atoms with E-state index in [0.29, 0.717) is 25.7 Å². The Labute approximate surface area is 166 Å². The Morgan fingerprint density at radius 2 is 2.15 bits per heavy atom. The van der Waals surface area contributed by atoms with Crippen LogP contribution in [0.2, 0.25) is 0 Å². The van der Waals surface area contributed by atoms with Crippen LogP contribution in [0.1, 0.15) is 50.4 Å². The summed E-state index contributed by atoms with van der Waals surface area (Å²) in [6.45, 7) is 12.5. The molecule has 1 aliphatic carbocycles. The second-order valence-electron chi connectivity index (χ2n) is 7.71. The third kappa shape index (κ3) is 8.15. The number of nitrogens with one attached hydrogen (secondary N) is 2. The number of aliphatic imine (C=N–C) groups is 1. The van der Waals surface area contributed by atoms with Crippen LogP contribution < -0.4 is 10.6 Å². The van der Waals surface area contributed by atoms with E-state index >= 15 is 0 Å². The van der Waals surface area contributed by atoms with E-state index in [1.807, 2.05) is 38.8 Å². The molecular formula is C19H33N5O2S. The van der Waals surface area contributed by atoms with Crippen LogP contribution in [0.3, 0.4) is 0 Å². The fourth-order valence-corrected chi connectivity index (χ4v) is 3.32. The number of hydrogen-bond donors (Lipinski definition) is 2. The van der Waals surface area contributed by atoms with Gasteiger partial charge in [0, 0.05) is 49.7 Å². The number of ether oxygens (including phenoxy) is 1. The van der Waals surface area contributed by atoms with Crippen molar-refractivity contribution in [1.29, 1.82) is 0 Å². The SMILES string of the molecule is CCNC(=NCCc1ncc(C)s1)NCCN(C(=O)OC(C)(C)C)C1CC1. The standard InChI is InChI=1S/C19H33N5O2S/c1-6-20-17(21-10-9-16-23-13-14(2)27-16)22-11-12-24(15-7-8-15)18(25)26-19(3,4)5/h13,15H,6-12H2,1-5H3,(H2,20,21,22). The maximum atomic E-state index is 12.4. The Hall–Kier alpha value is -1.83. The Balaban J connectivity index is 1.80. The fraction of sp³-hybridized carbons (Fsp3) is 0.737. The molecule has 1 saturated carbocycles. The number of thiazole rings is 1. The average molecular weight is 396 g/mol. The lowest BCUT2D eigenvalue weighted by molar-refractivity contribution is 0.0238.